The van der Waals surface area contributed by atoms with Gasteiger partial charge in [-0.05, 0) is 23.8 Å². The number of hydrogen-bond donors (Lipinski definition) is 1. The molecule has 1 aliphatic heterocycles. The Balaban J connectivity index is 2.33. The van der Waals surface area contributed by atoms with Gasteiger partial charge in [-0.3, -0.25) is 0 Å². The summed E-state index contributed by atoms with van der Waals surface area (Å²) in [7, 11) is 0. The molecular formula is C14H11N2+. The quantitative estimate of drug-likeness (QED) is 0.691. The molecule has 2 aromatic rings. The number of hydrogen-bond acceptors (Lipinski definition) is 1. The first-order chi connectivity index (χ1) is 7.92. The first kappa shape index (κ1) is 9.10. The van der Waals surface area contributed by atoms with Gasteiger partial charge in [0.15, 0.2) is 11.4 Å². The first-order valence-electron chi connectivity index (χ1n) is 5.21. The third kappa shape index (κ3) is 1.15. The normalized spacial score (nSPS) is 12.8. The molecule has 76 valence electrons. The Labute approximate surface area is 94.1 Å². The lowest BCUT2D eigenvalue weighted by Crippen LogP contribution is -2.95. The van der Waals surface area contributed by atoms with E-state index >= 15 is 0 Å². The van der Waals surface area contributed by atoms with Gasteiger partial charge in [-0.15, -0.1) is 5.01 Å². The minimum absolute atomic E-state index is 0.973. The molecule has 0 amide bonds. The third-order valence-corrected chi connectivity index (χ3v) is 2.85. The summed E-state index contributed by atoms with van der Waals surface area (Å²) in [4.78, 5) is 0. The number of para-hydroxylation sites is 2. The second-order valence-corrected chi connectivity index (χ2v) is 3.71. The van der Waals surface area contributed by atoms with Gasteiger partial charge in [0.1, 0.15) is 0 Å². The SMILES string of the molecule is C=C=N[NH+]1c2ccccc2-c2ccccc21. The zero-order valence-electron chi connectivity index (χ0n) is 8.77. The summed E-state index contributed by atoms with van der Waals surface area (Å²) < 4.78 is 0. The number of nitrogens with zero attached hydrogens (tertiary/aromatic N) is 1. The van der Waals surface area contributed by atoms with Gasteiger partial charge >= 0.3 is 0 Å². The van der Waals surface area contributed by atoms with Crippen LogP contribution in [0.2, 0.25) is 0 Å². The van der Waals surface area contributed by atoms with Crippen molar-refractivity contribution in [2.45, 2.75) is 0 Å². The molecule has 0 bridgehead atoms. The number of benzene rings is 2. The van der Waals surface area contributed by atoms with Gasteiger partial charge in [0.2, 0.25) is 0 Å². The molecular weight excluding hydrogens is 196 g/mol. The fraction of sp³-hybridized carbons (Fsp3) is 0. The van der Waals surface area contributed by atoms with E-state index in [1.807, 2.05) is 12.1 Å². The minimum Gasteiger partial charge on any atom is -0.136 e. The van der Waals surface area contributed by atoms with E-state index in [0.717, 1.165) is 5.01 Å². The van der Waals surface area contributed by atoms with E-state index in [4.69, 9.17) is 0 Å². The lowest BCUT2D eigenvalue weighted by atomic mass is 10.1. The Morgan fingerprint density at radius 3 is 1.88 bits per heavy atom. The van der Waals surface area contributed by atoms with E-state index < -0.39 is 0 Å². The van der Waals surface area contributed by atoms with Crippen molar-refractivity contribution in [3.63, 3.8) is 0 Å². The van der Waals surface area contributed by atoms with Gasteiger partial charge in [0.05, 0.1) is 11.1 Å². The maximum atomic E-state index is 4.26. The molecule has 16 heavy (non-hydrogen) atoms. The second kappa shape index (κ2) is 3.46. The molecule has 2 nitrogen and oxygen atoms in total. The molecule has 0 radical (unpaired) electrons. The van der Waals surface area contributed by atoms with Crippen molar-refractivity contribution in [3.05, 3.63) is 55.1 Å². The molecule has 0 saturated heterocycles. The monoisotopic (exact) mass is 207 g/mol. The van der Waals surface area contributed by atoms with Crippen LogP contribution in [0, 0.1) is 0 Å². The summed E-state index contributed by atoms with van der Waals surface area (Å²) in [5.41, 5.74) is 4.82. The maximum absolute atomic E-state index is 4.26. The molecule has 0 unspecified atom stereocenters. The molecule has 0 aliphatic carbocycles. The van der Waals surface area contributed by atoms with E-state index in [0.29, 0.717) is 0 Å². The Kier molecular flexibility index (Phi) is 1.97. The smallest absolute Gasteiger partial charge is 0.136 e. The summed E-state index contributed by atoms with van der Waals surface area (Å²) in [5, 5.41) is 5.24. The van der Waals surface area contributed by atoms with E-state index in [1.54, 1.807) is 0 Å². The molecule has 1 heterocycles. The van der Waals surface area contributed by atoms with Crippen molar-refractivity contribution >= 4 is 17.2 Å². The standard InChI is InChI=1S/C14H10N2/c1-2-15-16-13-9-5-3-7-11(13)12-8-4-6-10-14(12)16/h3-10H,1H2/p+1. The van der Waals surface area contributed by atoms with Crippen LogP contribution in [-0.4, -0.2) is 5.87 Å². The summed E-state index contributed by atoms with van der Waals surface area (Å²) in [6.07, 6.45) is 0. The van der Waals surface area contributed by atoms with Gasteiger partial charge in [-0.2, -0.15) is 0 Å². The molecule has 1 N–H and O–H groups in total. The third-order valence-electron chi connectivity index (χ3n) is 2.85. The number of fused-ring (bicyclic) bond motifs is 3. The predicted octanol–water partition coefficient (Wildman–Crippen LogP) is 2.29. The zero-order chi connectivity index (χ0) is 11.0. The van der Waals surface area contributed by atoms with Crippen LogP contribution in [-0.2, 0) is 0 Å². The van der Waals surface area contributed by atoms with Gasteiger partial charge in [0, 0.05) is 18.0 Å². The second-order valence-electron chi connectivity index (χ2n) is 3.71. The number of rotatable bonds is 1. The fourth-order valence-electron chi connectivity index (χ4n) is 2.19. The predicted molar refractivity (Wildman–Crippen MR) is 65.2 cm³/mol. The van der Waals surface area contributed by atoms with Crippen LogP contribution in [0.25, 0.3) is 11.1 Å². The highest BCUT2D eigenvalue weighted by atomic mass is 15.5. The van der Waals surface area contributed by atoms with E-state index in [1.165, 1.54) is 22.5 Å². The Bertz CT molecular complexity index is 550. The van der Waals surface area contributed by atoms with Crippen LogP contribution < -0.4 is 5.01 Å². The Morgan fingerprint density at radius 2 is 1.38 bits per heavy atom. The van der Waals surface area contributed by atoms with E-state index in [-0.39, 0.29) is 0 Å². The summed E-state index contributed by atoms with van der Waals surface area (Å²) in [5.74, 6) is 2.63. The molecule has 0 fully saturated rings. The summed E-state index contributed by atoms with van der Waals surface area (Å²) in [6.45, 7) is 3.56. The average Bonchev–Trinajstić information content (AvgIpc) is 2.66. The van der Waals surface area contributed by atoms with Gasteiger partial charge < -0.3 is 0 Å². The maximum Gasteiger partial charge on any atom is 0.171 e. The highest BCUT2D eigenvalue weighted by Gasteiger charge is 2.30. The molecule has 1 aliphatic rings. The van der Waals surface area contributed by atoms with Gasteiger partial charge in [-0.25, -0.2) is 0 Å². The zero-order valence-corrected chi connectivity index (χ0v) is 8.77. The number of nitrogens with one attached hydrogen (secondary N) is 1. The largest absolute Gasteiger partial charge is 0.171 e. The molecule has 0 spiro atoms. The highest BCUT2D eigenvalue weighted by Crippen LogP contribution is 2.36. The minimum atomic E-state index is 0.973. The van der Waals surface area contributed by atoms with Gasteiger partial charge in [-0.1, -0.05) is 24.3 Å². The van der Waals surface area contributed by atoms with Crippen LogP contribution in [0.5, 0.6) is 0 Å². The van der Waals surface area contributed by atoms with Crippen molar-refractivity contribution in [2.24, 2.45) is 5.10 Å². The van der Waals surface area contributed by atoms with Crippen molar-refractivity contribution in [2.75, 3.05) is 0 Å². The topological polar surface area (TPSA) is 16.8 Å². The fourth-order valence-corrected chi connectivity index (χ4v) is 2.19. The Morgan fingerprint density at radius 1 is 0.875 bits per heavy atom. The van der Waals surface area contributed by atoms with Crippen LogP contribution in [0.15, 0.2) is 60.2 Å². The molecule has 0 atom stereocenters. The number of quaternary nitrogens is 1. The van der Waals surface area contributed by atoms with Crippen LogP contribution in [0.3, 0.4) is 0 Å². The van der Waals surface area contributed by atoms with Crippen LogP contribution >= 0.6 is 0 Å². The molecule has 3 rings (SSSR count). The molecule has 0 saturated carbocycles. The van der Waals surface area contributed by atoms with E-state index in [9.17, 15) is 0 Å². The summed E-state index contributed by atoms with van der Waals surface area (Å²) >= 11 is 0. The van der Waals surface area contributed by atoms with E-state index in [2.05, 4.69) is 53.9 Å². The van der Waals surface area contributed by atoms with Crippen molar-refractivity contribution in [3.8, 4) is 11.1 Å². The van der Waals surface area contributed by atoms with Gasteiger partial charge in [0.25, 0.3) is 0 Å². The highest BCUT2D eigenvalue weighted by molar-refractivity contribution is 5.84. The molecule has 0 aromatic heterocycles. The molecule has 2 aromatic carbocycles. The summed E-state index contributed by atoms with van der Waals surface area (Å²) in [6, 6.07) is 16.6. The Hall–Kier alpha value is -2.15. The van der Waals surface area contributed by atoms with Crippen LogP contribution in [0.4, 0.5) is 11.4 Å². The van der Waals surface area contributed by atoms with Crippen molar-refractivity contribution in [1.82, 2.24) is 0 Å². The first-order valence-corrected chi connectivity index (χ1v) is 5.21. The lowest BCUT2D eigenvalue weighted by Gasteiger charge is -2.03. The average molecular weight is 207 g/mol. The van der Waals surface area contributed by atoms with Crippen molar-refractivity contribution < 1.29 is 5.01 Å². The van der Waals surface area contributed by atoms with Crippen molar-refractivity contribution in [1.29, 1.82) is 0 Å². The molecule has 2 heteroatoms. The lowest BCUT2D eigenvalue weighted by molar-refractivity contribution is -0.762. The van der Waals surface area contributed by atoms with Crippen LogP contribution in [0.1, 0.15) is 0 Å².